The van der Waals surface area contributed by atoms with Crippen LogP contribution in [0.1, 0.15) is 11.1 Å². The number of rotatable bonds is 10. The predicted molar refractivity (Wildman–Crippen MR) is 118 cm³/mol. The molecular formula is C23H26O8S. The zero-order chi connectivity index (χ0) is 22.8. The molecule has 1 aliphatic rings. The Hall–Kier alpha value is -2.75. The number of ether oxygens (including phenoxy) is 6. The first-order chi connectivity index (χ1) is 15.6. The average Bonchev–Trinajstić information content (AvgIpc) is 2.85. The van der Waals surface area contributed by atoms with Gasteiger partial charge in [-0.25, -0.2) is 9.59 Å². The molecule has 1 saturated heterocycles. The number of carbonyl (C=O) groups is 2. The summed E-state index contributed by atoms with van der Waals surface area (Å²) >= 11 is 1.62. The summed E-state index contributed by atoms with van der Waals surface area (Å²) in [6, 6.07) is 14.1. The highest BCUT2D eigenvalue weighted by Crippen LogP contribution is 2.18. The number of methoxy groups -OCH3 is 2. The maximum Gasteiger partial charge on any atom is 0.347 e. The first-order valence-electron chi connectivity index (χ1n) is 10.0. The summed E-state index contributed by atoms with van der Waals surface area (Å²) in [7, 11) is 3.14. The first kappa shape index (κ1) is 23.9. The van der Waals surface area contributed by atoms with E-state index in [-0.39, 0.29) is 13.2 Å². The SMILES string of the molecule is COc1ccc(COC(=O)C(OC2CSCCO2)C(=O)OCc2ccc(OC)cc2)cc1. The number of hydrogen-bond acceptors (Lipinski definition) is 9. The molecule has 8 nitrogen and oxygen atoms in total. The molecule has 3 rings (SSSR count). The number of hydrogen-bond donors (Lipinski definition) is 0. The highest BCUT2D eigenvalue weighted by molar-refractivity contribution is 7.99. The van der Waals surface area contributed by atoms with Crippen molar-refractivity contribution < 1.29 is 38.0 Å². The van der Waals surface area contributed by atoms with Crippen molar-refractivity contribution >= 4 is 23.7 Å². The van der Waals surface area contributed by atoms with Gasteiger partial charge in [0.25, 0.3) is 6.10 Å². The third kappa shape index (κ3) is 7.15. The molecule has 9 heteroatoms. The largest absolute Gasteiger partial charge is 0.497 e. The van der Waals surface area contributed by atoms with Crippen LogP contribution in [-0.4, -0.2) is 56.7 Å². The number of carbonyl (C=O) groups excluding carboxylic acids is 2. The van der Waals surface area contributed by atoms with Crippen LogP contribution in [0.3, 0.4) is 0 Å². The summed E-state index contributed by atoms with van der Waals surface area (Å²) < 4.78 is 32.0. The fourth-order valence-corrected chi connectivity index (χ4v) is 3.56. The minimum atomic E-state index is -1.55. The molecule has 0 aromatic heterocycles. The van der Waals surface area contributed by atoms with Crippen molar-refractivity contribution in [2.45, 2.75) is 25.6 Å². The Morgan fingerprint density at radius 2 is 1.41 bits per heavy atom. The van der Waals surface area contributed by atoms with E-state index in [0.717, 1.165) is 16.9 Å². The fraction of sp³-hybridized carbons (Fsp3) is 0.391. The predicted octanol–water partition coefficient (Wildman–Crippen LogP) is 2.97. The second-order valence-corrected chi connectivity index (χ2v) is 7.95. The molecule has 1 aliphatic heterocycles. The number of benzene rings is 2. The average molecular weight is 463 g/mol. The normalized spacial score (nSPS) is 15.8. The van der Waals surface area contributed by atoms with Gasteiger partial charge in [-0.2, -0.15) is 11.8 Å². The third-order valence-electron chi connectivity index (χ3n) is 4.58. The summed E-state index contributed by atoms with van der Waals surface area (Å²) in [5.41, 5.74) is 1.49. The monoisotopic (exact) mass is 462 g/mol. The van der Waals surface area contributed by atoms with Gasteiger partial charge in [-0.05, 0) is 35.4 Å². The second kappa shape index (κ2) is 12.3. The smallest absolute Gasteiger partial charge is 0.347 e. The molecule has 0 bridgehead atoms. The maximum atomic E-state index is 12.7. The molecule has 1 unspecified atom stereocenters. The van der Waals surface area contributed by atoms with Gasteiger partial charge in [-0.15, -0.1) is 0 Å². The minimum absolute atomic E-state index is 0.0191. The van der Waals surface area contributed by atoms with Crippen LogP contribution in [0.5, 0.6) is 11.5 Å². The molecule has 0 spiro atoms. The molecule has 32 heavy (non-hydrogen) atoms. The van der Waals surface area contributed by atoms with Crippen LogP contribution in [0.4, 0.5) is 0 Å². The Morgan fingerprint density at radius 1 is 0.906 bits per heavy atom. The van der Waals surface area contributed by atoms with E-state index in [4.69, 9.17) is 28.4 Å². The van der Waals surface area contributed by atoms with Gasteiger partial charge in [0.2, 0.25) is 0 Å². The second-order valence-electron chi connectivity index (χ2n) is 6.80. The lowest BCUT2D eigenvalue weighted by atomic mass is 10.2. The molecule has 0 aliphatic carbocycles. The van der Waals surface area contributed by atoms with Crippen LogP contribution in [0.25, 0.3) is 0 Å². The summed E-state index contributed by atoms with van der Waals surface area (Å²) in [5.74, 6) is 1.05. The van der Waals surface area contributed by atoms with Crippen molar-refractivity contribution in [2.24, 2.45) is 0 Å². The van der Waals surface area contributed by atoms with Crippen LogP contribution >= 0.6 is 11.8 Å². The first-order valence-corrected chi connectivity index (χ1v) is 11.2. The molecule has 172 valence electrons. The van der Waals surface area contributed by atoms with E-state index in [0.29, 0.717) is 23.9 Å². The molecule has 1 heterocycles. The van der Waals surface area contributed by atoms with Crippen molar-refractivity contribution in [2.75, 3.05) is 32.3 Å². The highest BCUT2D eigenvalue weighted by atomic mass is 32.2. The molecule has 1 atom stereocenters. The van der Waals surface area contributed by atoms with E-state index in [1.165, 1.54) is 0 Å². The van der Waals surface area contributed by atoms with Crippen molar-refractivity contribution in [1.82, 2.24) is 0 Å². The molecule has 0 N–H and O–H groups in total. The molecule has 2 aromatic carbocycles. The van der Waals surface area contributed by atoms with Gasteiger partial charge in [0, 0.05) is 11.5 Å². The summed E-state index contributed by atoms with van der Waals surface area (Å²) in [5, 5.41) is 0. The van der Waals surface area contributed by atoms with Gasteiger partial charge in [0.05, 0.1) is 20.8 Å². The number of esters is 2. The van der Waals surface area contributed by atoms with Crippen molar-refractivity contribution in [3.63, 3.8) is 0 Å². The van der Waals surface area contributed by atoms with Crippen molar-refractivity contribution in [1.29, 1.82) is 0 Å². The van der Waals surface area contributed by atoms with Gasteiger partial charge in [0.1, 0.15) is 24.7 Å². The third-order valence-corrected chi connectivity index (χ3v) is 5.54. The van der Waals surface area contributed by atoms with E-state index >= 15 is 0 Å². The van der Waals surface area contributed by atoms with Gasteiger partial charge >= 0.3 is 11.9 Å². The van der Waals surface area contributed by atoms with E-state index in [1.54, 1.807) is 74.5 Å². The molecule has 0 amide bonds. The van der Waals surface area contributed by atoms with Crippen molar-refractivity contribution in [3.05, 3.63) is 59.7 Å². The molecule has 0 radical (unpaired) electrons. The highest BCUT2D eigenvalue weighted by Gasteiger charge is 2.35. The van der Waals surface area contributed by atoms with Gasteiger partial charge in [0.15, 0.2) is 6.29 Å². The van der Waals surface area contributed by atoms with E-state index in [2.05, 4.69) is 0 Å². The van der Waals surface area contributed by atoms with E-state index in [1.807, 2.05) is 0 Å². The summed E-state index contributed by atoms with van der Waals surface area (Å²) in [6.07, 6.45) is -2.24. The van der Waals surface area contributed by atoms with E-state index in [9.17, 15) is 9.59 Å². The molecule has 0 saturated carbocycles. The molecular weight excluding hydrogens is 436 g/mol. The van der Waals surface area contributed by atoms with Crippen LogP contribution in [-0.2, 0) is 41.8 Å². The van der Waals surface area contributed by atoms with Crippen LogP contribution in [0.15, 0.2) is 48.5 Å². The van der Waals surface area contributed by atoms with Crippen LogP contribution in [0, 0.1) is 0 Å². The Labute approximate surface area is 191 Å². The Bertz CT molecular complexity index is 799. The summed E-state index contributed by atoms with van der Waals surface area (Å²) in [4.78, 5) is 25.4. The number of thioether (sulfide) groups is 1. The zero-order valence-corrected chi connectivity index (χ0v) is 18.8. The van der Waals surface area contributed by atoms with Gasteiger partial charge in [-0.3, -0.25) is 0 Å². The lowest BCUT2D eigenvalue weighted by molar-refractivity contribution is -0.201. The Balaban J connectivity index is 1.60. The Morgan fingerprint density at radius 3 is 1.81 bits per heavy atom. The van der Waals surface area contributed by atoms with Crippen LogP contribution < -0.4 is 9.47 Å². The maximum absolute atomic E-state index is 12.7. The van der Waals surface area contributed by atoms with E-state index < -0.39 is 24.3 Å². The lowest BCUT2D eigenvalue weighted by Crippen LogP contribution is -2.41. The quantitative estimate of drug-likeness (QED) is 0.390. The topological polar surface area (TPSA) is 89.5 Å². The minimum Gasteiger partial charge on any atom is -0.497 e. The van der Waals surface area contributed by atoms with Crippen molar-refractivity contribution in [3.8, 4) is 11.5 Å². The molecule has 1 fully saturated rings. The van der Waals surface area contributed by atoms with Gasteiger partial charge < -0.3 is 28.4 Å². The Kier molecular flexibility index (Phi) is 9.21. The standard InChI is InChI=1S/C23H26O8S/c1-26-18-7-3-16(4-8-18)13-29-22(24)21(31-20-15-32-12-11-28-20)23(25)30-14-17-5-9-19(27-2)10-6-17/h3-10,20-21H,11-15H2,1-2H3. The van der Waals surface area contributed by atoms with Gasteiger partial charge in [-0.1, -0.05) is 24.3 Å². The zero-order valence-electron chi connectivity index (χ0n) is 18.0. The fourth-order valence-electron chi connectivity index (χ4n) is 2.81. The van der Waals surface area contributed by atoms with Crippen LogP contribution in [0.2, 0.25) is 0 Å². The summed E-state index contributed by atoms with van der Waals surface area (Å²) in [6.45, 7) is 0.438. The molecule has 2 aromatic rings. The lowest BCUT2D eigenvalue weighted by Gasteiger charge is -2.25.